The standard InChI is InChI=1S/C18H14N4O5S/c1-18(10-2-3-12-13(6-10)27-9-26-12)15(24)22(16(25)20-18)8-11-7-14(23)21-4-5-28-17(21)19-11/h2-7H,8-9H2,1H3,(H,20,25)/t18-/m0/s1. The Kier molecular flexibility index (Phi) is 3.47. The quantitative estimate of drug-likeness (QED) is 0.670. The number of amides is 3. The third-order valence-electron chi connectivity index (χ3n) is 4.90. The molecule has 5 rings (SSSR count). The Bertz CT molecular complexity index is 1200. The van der Waals surface area contributed by atoms with Crippen molar-refractivity contribution in [3.05, 3.63) is 57.5 Å². The summed E-state index contributed by atoms with van der Waals surface area (Å²) in [6, 6.07) is 5.90. The van der Waals surface area contributed by atoms with E-state index in [1.807, 2.05) is 0 Å². The van der Waals surface area contributed by atoms with Gasteiger partial charge in [0.1, 0.15) is 5.54 Å². The van der Waals surface area contributed by atoms with Crippen molar-refractivity contribution in [3.63, 3.8) is 0 Å². The van der Waals surface area contributed by atoms with E-state index >= 15 is 0 Å². The number of benzene rings is 1. The Morgan fingerprint density at radius 3 is 2.89 bits per heavy atom. The van der Waals surface area contributed by atoms with Gasteiger partial charge < -0.3 is 14.8 Å². The van der Waals surface area contributed by atoms with Crippen LogP contribution in [0.15, 0.2) is 40.6 Å². The van der Waals surface area contributed by atoms with Crippen LogP contribution in [0.3, 0.4) is 0 Å². The van der Waals surface area contributed by atoms with Gasteiger partial charge in [0.2, 0.25) is 6.79 Å². The van der Waals surface area contributed by atoms with Crippen molar-refractivity contribution >= 4 is 28.2 Å². The molecule has 4 heterocycles. The molecule has 0 spiro atoms. The highest BCUT2D eigenvalue weighted by atomic mass is 32.1. The van der Waals surface area contributed by atoms with E-state index in [-0.39, 0.29) is 18.9 Å². The predicted molar refractivity (Wildman–Crippen MR) is 98.3 cm³/mol. The van der Waals surface area contributed by atoms with E-state index in [4.69, 9.17) is 9.47 Å². The zero-order valence-corrected chi connectivity index (χ0v) is 15.5. The molecule has 3 amide bonds. The molecule has 1 saturated heterocycles. The summed E-state index contributed by atoms with van der Waals surface area (Å²) >= 11 is 1.31. The summed E-state index contributed by atoms with van der Waals surface area (Å²) in [6.07, 6.45) is 1.63. The molecule has 142 valence electrons. The van der Waals surface area contributed by atoms with Crippen molar-refractivity contribution in [2.75, 3.05) is 6.79 Å². The Hall–Kier alpha value is -3.40. The normalized spacial score (nSPS) is 20.8. The maximum Gasteiger partial charge on any atom is 0.325 e. The topological polar surface area (TPSA) is 102 Å². The molecule has 2 aliphatic rings. The smallest absolute Gasteiger partial charge is 0.325 e. The van der Waals surface area contributed by atoms with Crippen LogP contribution in [0.1, 0.15) is 18.2 Å². The number of urea groups is 1. The number of hydrogen-bond donors (Lipinski definition) is 1. The van der Waals surface area contributed by atoms with Crippen LogP contribution < -0.4 is 20.3 Å². The molecule has 0 saturated carbocycles. The number of fused-ring (bicyclic) bond motifs is 2. The van der Waals surface area contributed by atoms with E-state index in [2.05, 4.69) is 10.3 Å². The lowest BCUT2D eigenvalue weighted by molar-refractivity contribution is -0.131. The molecule has 0 bridgehead atoms. The first-order valence-electron chi connectivity index (χ1n) is 8.46. The summed E-state index contributed by atoms with van der Waals surface area (Å²) in [7, 11) is 0. The van der Waals surface area contributed by atoms with Crippen molar-refractivity contribution < 1.29 is 19.1 Å². The lowest BCUT2D eigenvalue weighted by Crippen LogP contribution is -2.40. The summed E-state index contributed by atoms with van der Waals surface area (Å²) in [5.74, 6) is 0.691. The molecule has 2 aliphatic heterocycles. The summed E-state index contributed by atoms with van der Waals surface area (Å²) < 4.78 is 12.1. The van der Waals surface area contributed by atoms with Crippen LogP contribution in [0.5, 0.6) is 11.5 Å². The van der Waals surface area contributed by atoms with Crippen LogP contribution in [0, 0.1) is 0 Å². The largest absolute Gasteiger partial charge is 0.454 e. The van der Waals surface area contributed by atoms with E-state index in [1.54, 1.807) is 36.7 Å². The number of hydrogen-bond acceptors (Lipinski definition) is 7. The van der Waals surface area contributed by atoms with Gasteiger partial charge in [0.25, 0.3) is 11.5 Å². The number of nitrogens with zero attached hydrogens (tertiary/aromatic N) is 3. The molecule has 1 fully saturated rings. The Morgan fingerprint density at radius 2 is 2.04 bits per heavy atom. The predicted octanol–water partition coefficient (Wildman–Crippen LogP) is 1.45. The van der Waals surface area contributed by atoms with Gasteiger partial charge in [-0.25, -0.2) is 9.78 Å². The van der Waals surface area contributed by atoms with Gasteiger partial charge in [-0.3, -0.25) is 18.9 Å². The highest BCUT2D eigenvalue weighted by molar-refractivity contribution is 7.15. The molecule has 1 atom stereocenters. The lowest BCUT2D eigenvalue weighted by atomic mass is 9.91. The third-order valence-corrected chi connectivity index (χ3v) is 5.66. The molecular weight excluding hydrogens is 384 g/mol. The fraction of sp³-hybridized carbons (Fsp3) is 0.222. The van der Waals surface area contributed by atoms with Gasteiger partial charge >= 0.3 is 6.03 Å². The SMILES string of the molecule is C[C@@]1(c2ccc3c(c2)OCO3)NC(=O)N(Cc2cc(=O)n3ccsc3n2)C1=O. The lowest BCUT2D eigenvalue weighted by Gasteiger charge is -2.22. The summed E-state index contributed by atoms with van der Waals surface area (Å²) in [6.45, 7) is 1.67. The minimum Gasteiger partial charge on any atom is -0.454 e. The number of carbonyl (C=O) groups is 2. The van der Waals surface area contributed by atoms with E-state index in [9.17, 15) is 14.4 Å². The van der Waals surface area contributed by atoms with Gasteiger partial charge in [-0.05, 0) is 24.6 Å². The number of rotatable bonds is 3. The first-order chi connectivity index (χ1) is 13.5. The van der Waals surface area contributed by atoms with Gasteiger partial charge in [0.05, 0.1) is 12.2 Å². The van der Waals surface area contributed by atoms with E-state index in [1.165, 1.54) is 21.8 Å². The van der Waals surface area contributed by atoms with Crippen LogP contribution >= 0.6 is 11.3 Å². The number of nitrogens with one attached hydrogen (secondary N) is 1. The van der Waals surface area contributed by atoms with Gasteiger partial charge in [0, 0.05) is 17.6 Å². The molecule has 0 unspecified atom stereocenters. The average Bonchev–Trinajstić information content (AvgIpc) is 3.37. The van der Waals surface area contributed by atoms with E-state index in [0.717, 1.165) is 4.90 Å². The summed E-state index contributed by atoms with van der Waals surface area (Å²) in [4.78, 5) is 43.7. The first kappa shape index (κ1) is 16.8. The monoisotopic (exact) mass is 398 g/mol. The first-order valence-corrected chi connectivity index (χ1v) is 9.34. The Balaban J connectivity index is 1.47. The minimum absolute atomic E-state index is 0.0888. The average molecular weight is 398 g/mol. The molecule has 2 aromatic heterocycles. The molecule has 9 nitrogen and oxygen atoms in total. The third kappa shape index (κ3) is 2.38. The summed E-state index contributed by atoms with van der Waals surface area (Å²) in [5, 5.41) is 4.49. The molecular formula is C18H14N4O5S. The summed E-state index contributed by atoms with van der Waals surface area (Å²) in [5.41, 5.74) is -0.572. The maximum absolute atomic E-state index is 13.1. The maximum atomic E-state index is 13.1. The highest BCUT2D eigenvalue weighted by Crippen LogP contribution is 2.38. The van der Waals surface area contributed by atoms with Crippen molar-refractivity contribution in [2.24, 2.45) is 0 Å². The zero-order valence-electron chi connectivity index (χ0n) is 14.7. The van der Waals surface area contributed by atoms with Crippen LogP contribution in [-0.4, -0.2) is 33.0 Å². The molecule has 1 aromatic carbocycles. The van der Waals surface area contributed by atoms with Gasteiger partial charge in [0.15, 0.2) is 16.5 Å². The van der Waals surface area contributed by atoms with Crippen molar-refractivity contribution in [1.29, 1.82) is 0 Å². The van der Waals surface area contributed by atoms with Crippen LogP contribution in [0.25, 0.3) is 4.96 Å². The number of aromatic nitrogens is 2. The fourth-order valence-electron chi connectivity index (χ4n) is 3.37. The molecule has 1 N–H and O–H groups in total. The number of ether oxygens (including phenoxy) is 2. The molecule has 3 aromatic rings. The minimum atomic E-state index is -1.25. The van der Waals surface area contributed by atoms with Crippen LogP contribution in [0.4, 0.5) is 4.79 Å². The fourth-order valence-corrected chi connectivity index (χ4v) is 4.11. The molecule has 0 aliphatic carbocycles. The molecule has 10 heteroatoms. The second-order valence-corrected chi connectivity index (χ2v) is 7.53. The highest BCUT2D eigenvalue weighted by Gasteiger charge is 2.49. The van der Waals surface area contributed by atoms with Gasteiger partial charge in [-0.1, -0.05) is 6.07 Å². The van der Waals surface area contributed by atoms with Crippen molar-refractivity contribution in [3.8, 4) is 11.5 Å². The van der Waals surface area contributed by atoms with Crippen molar-refractivity contribution in [1.82, 2.24) is 19.6 Å². The number of imide groups is 1. The molecule has 0 radical (unpaired) electrons. The number of carbonyl (C=O) groups excluding carboxylic acids is 2. The molecule has 28 heavy (non-hydrogen) atoms. The van der Waals surface area contributed by atoms with Crippen LogP contribution in [0.2, 0.25) is 0 Å². The second kappa shape index (κ2) is 5.80. The van der Waals surface area contributed by atoms with Gasteiger partial charge in [-0.15, -0.1) is 11.3 Å². The zero-order chi connectivity index (χ0) is 19.5. The Morgan fingerprint density at radius 1 is 1.21 bits per heavy atom. The van der Waals surface area contributed by atoms with E-state index < -0.39 is 17.5 Å². The number of thiazole rings is 1. The van der Waals surface area contributed by atoms with Crippen LogP contribution in [-0.2, 0) is 16.9 Å². The van der Waals surface area contributed by atoms with E-state index in [0.29, 0.717) is 27.7 Å². The van der Waals surface area contributed by atoms with Gasteiger partial charge in [-0.2, -0.15) is 0 Å². The Labute approximate surface area is 162 Å². The van der Waals surface area contributed by atoms with Crippen molar-refractivity contribution in [2.45, 2.75) is 19.0 Å². The second-order valence-electron chi connectivity index (χ2n) is 6.66.